The molecule has 3 aromatic heterocycles. The lowest BCUT2D eigenvalue weighted by Crippen LogP contribution is -2.04. The highest BCUT2D eigenvalue weighted by atomic mass is 16.3. The van der Waals surface area contributed by atoms with Crippen LogP contribution in [0.1, 0.15) is 0 Å². The van der Waals surface area contributed by atoms with Gasteiger partial charge in [0.05, 0.1) is 22.1 Å². The summed E-state index contributed by atoms with van der Waals surface area (Å²) in [4.78, 5) is 10.6. The van der Waals surface area contributed by atoms with Crippen molar-refractivity contribution >= 4 is 65.6 Å². The van der Waals surface area contributed by atoms with Gasteiger partial charge in [-0.05, 0) is 58.8 Å². The molecule has 0 radical (unpaired) electrons. The molecular weight excluding hydrogens is 562 g/mol. The van der Waals surface area contributed by atoms with Crippen LogP contribution in [0, 0.1) is 0 Å². The zero-order chi connectivity index (χ0) is 30.2. The maximum absolute atomic E-state index is 6.35. The van der Waals surface area contributed by atoms with Gasteiger partial charge in [-0.15, -0.1) is 0 Å². The zero-order valence-electron chi connectivity index (χ0n) is 24.7. The van der Waals surface area contributed by atoms with E-state index in [1.54, 1.807) is 0 Å². The van der Waals surface area contributed by atoms with Gasteiger partial charge in [0.2, 0.25) is 0 Å². The molecule has 214 valence electrons. The largest absolute Gasteiger partial charge is 0.456 e. The molecule has 0 aliphatic carbocycles. The van der Waals surface area contributed by atoms with Crippen LogP contribution in [-0.2, 0) is 0 Å². The van der Waals surface area contributed by atoms with Crippen LogP contribution in [0.2, 0.25) is 0 Å². The molecule has 10 rings (SSSR count). The normalized spacial score (nSPS) is 11.9. The Morgan fingerprint density at radius 2 is 1.15 bits per heavy atom. The van der Waals surface area contributed by atoms with E-state index in [-0.39, 0.29) is 0 Å². The number of nitrogens with zero attached hydrogens (tertiary/aromatic N) is 3. The van der Waals surface area contributed by atoms with Crippen LogP contribution in [0.25, 0.3) is 93.8 Å². The van der Waals surface area contributed by atoms with Crippen LogP contribution < -0.4 is 0 Å². The molecule has 0 amide bonds. The summed E-state index contributed by atoms with van der Waals surface area (Å²) in [5.74, 6) is 0.803. The number of aromatic nitrogens is 3. The number of fused-ring (bicyclic) bond motifs is 8. The number of hydrogen-bond acceptors (Lipinski definition) is 3. The second kappa shape index (κ2) is 9.62. The number of benzene rings is 7. The minimum Gasteiger partial charge on any atom is -0.456 e. The number of hydrogen-bond donors (Lipinski definition) is 0. The van der Waals surface area contributed by atoms with E-state index in [4.69, 9.17) is 14.4 Å². The van der Waals surface area contributed by atoms with Crippen LogP contribution in [0.15, 0.2) is 156 Å². The van der Waals surface area contributed by atoms with Gasteiger partial charge in [0, 0.05) is 32.7 Å². The SMILES string of the molecule is c1ccc(-c2nc3ccccc3nc2-n2c3cc4ccccc4cc3c3cccc(-c4ccc5c(c4)oc4ccccc45)c32)cc1. The van der Waals surface area contributed by atoms with Crippen molar-refractivity contribution in [2.24, 2.45) is 0 Å². The average Bonchev–Trinajstić information content (AvgIpc) is 3.65. The number of para-hydroxylation sites is 4. The van der Waals surface area contributed by atoms with Crippen molar-refractivity contribution in [2.45, 2.75) is 0 Å². The van der Waals surface area contributed by atoms with E-state index in [2.05, 4.69) is 114 Å². The van der Waals surface area contributed by atoms with Crippen LogP contribution in [0.3, 0.4) is 0 Å². The number of furan rings is 1. The first-order valence-corrected chi connectivity index (χ1v) is 15.5. The van der Waals surface area contributed by atoms with Gasteiger partial charge in [0.15, 0.2) is 5.82 Å². The van der Waals surface area contributed by atoms with E-state index in [9.17, 15) is 0 Å². The van der Waals surface area contributed by atoms with Crippen LogP contribution in [0.5, 0.6) is 0 Å². The Kier molecular flexibility index (Phi) is 5.25. The molecule has 0 N–H and O–H groups in total. The maximum atomic E-state index is 6.35. The van der Waals surface area contributed by atoms with Gasteiger partial charge in [-0.2, -0.15) is 0 Å². The van der Waals surface area contributed by atoms with Crippen LogP contribution >= 0.6 is 0 Å². The summed E-state index contributed by atoms with van der Waals surface area (Å²) >= 11 is 0. The Balaban J connectivity index is 1.37. The standard InChI is InChI=1S/C42H25N3O/c1-2-11-26(12-3-1)40-42(44-36-19-8-7-18-35(36)43-40)45-37-24-28-14-5-4-13-27(28)23-34(37)33-17-10-16-30(41(33)45)29-21-22-32-31-15-6-9-20-38(31)46-39(32)25-29/h1-25H. The summed E-state index contributed by atoms with van der Waals surface area (Å²) < 4.78 is 8.68. The van der Waals surface area contributed by atoms with Crippen molar-refractivity contribution in [3.63, 3.8) is 0 Å². The Bertz CT molecular complexity index is 2810. The van der Waals surface area contributed by atoms with Crippen molar-refractivity contribution in [3.8, 4) is 28.2 Å². The third-order valence-corrected chi connectivity index (χ3v) is 9.16. The Morgan fingerprint density at radius 3 is 2.02 bits per heavy atom. The van der Waals surface area contributed by atoms with Gasteiger partial charge >= 0.3 is 0 Å². The first kappa shape index (κ1) is 25.1. The van der Waals surface area contributed by atoms with E-state index in [1.807, 2.05) is 42.5 Å². The fourth-order valence-corrected chi connectivity index (χ4v) is 7.03. The Morgan fingerprint density at radius 1 is 0.457 bits per heavy atom. The second-order valence-electron chi connectivity index (χ2n) is 11.8. The highest BCUT2D eigenvalue weighted by molar-refractivity contribution is 6.17. The predicted octanol–water partition coefficient (Wildman–Crippen LogP) is 11.1. The Labute approximate surface area is 263 Å². The van der Waals surface area contributed by atoms with E-state index in [0.717, 1.165) is 77.6 Å². The monoisotopic (exact) mass is 587 g/mol. The topological polar surface area (TPSA) is 43.9 Å². The molecule has 0 spiro atoms. The van der Waals surface area contributed by atoms with Crippen LogP contribution in [-0.4, -0.2) is 14.5 Å². The third kappa shape index (κ3) is 3.67. The highest BCUT2D eigenvalue weighted by Gasteiger charge is 2.22. The van der Waals surface area contributed by atoms with E-state index in [0.29, 0.717) is 0 Å². The summed E-state index contributed by atoms with van der Waals surface area (Å²) in [6.07, 6.45) is 0. The molecule has 7 aromatic carbocycles. The third-order valence-electron chi connectivity index (χ3n) is 9.16. The minimum absolute atomic E-state index is 0.803. The molecule has 0 bridgehead atoms. The Hall–Kier alpha value is -6.26. The smallest absolute Gasteiger partial charge is 0.165 e. The summed E-state index contributed by atoms with van der Waals surface area (Å²) in [5.41, 5.74) is 9.72. The van der Waals surface area contributed by atoms with Crippen molar-refractivity contribution in [1.82, 2.24) is 14.5 Å². The minimum atomic E-state index is 0.803. The van der Waals surface area contributed by atoms with Crippen molar-refractivity contribution in [1.29, 1.82) is 0 Å². The van der Waals surface area contributed by atoms with Crippen LogP contribution in [0.4, 0.5) is 0 Å². The highest BCUT2D eigenvalue weighted by Crippen LogP contribution is 2.42. The molecule has 3 heterocycles. The second-order valence-corrected chi connectivity index (χ2v) is 11.8. The molecule has 0 saturated heterocycles. The summed E-state index contributed by atoms with van der Waals surface area (Å²) in [5, 5.41) is 6.97. The molecule has 10 aromatic rings. The van der Waals surface area contributed by atoms with Gasteiger partial charge in [-0.25, -0.2) is 9.97 Å². The van der Waals surface area contributed by atoms with Gasteiger partial charge in [-0.1, -0.05) is 109 Å². The molecule has 0 saturated carbocycles. The fraction of sp³-hybridized carbons (Fsp3) is 0. The molecule has 0 unspecified atom stereocenters. The van der Waals surface area contributed by atoms with E-state index < -0.39 is 0 Å². The lowest BCUT2D eigenvalue weighted by Gasteiger charge is -2.15. The number of rotatable bonds is 3. The molecule has 46 heavy (non-hydrogen) atoms. The van der Waals surface area contributed by atoms with Crippen molar-refractivity contribution in [3.05, 3.63) is 152 Å². The first-order chi connectivity index (χ1) is 22.8. The lowest BCUT2D eigenvalue weighted by molar-refractivity contribution is 0.669. The van der Waals surface area contributed by atoms with Gasteiger partial charge in [-0.3, -0.25) is 4.57 Å². The first-order valence-electron chi connectivity index (χ1n) is 15.5. The summed E-state index contributed by atoms with van der Waals surface area (Å²) in [6.45, 7) is 0. The van der Waals surface area contributed by atoms with Gasteiger partial charge < -0.3 is 4.42 Å². The lowest BCUT2D eigenvalue weighted by atomic mass is 10.00. The molecular formula is C42H25N3O. The van der Waals surface area contributed by atoms with E-state index >= 15 is 0 Å². The van der Waals surface area contributed by atoms with Gasteiger partial charge in [0.1, 0.15) is 16.9 Å². The predicted molar refractivity (Wildman–Crippen MR) is 190 cm³/mol. The molecule has 0 aliphatic rings. The maximum Gasteiger partial charge on any atom is 0.165 e. The van der Waals surface area contributed by atoms with E-state index in [1.165, 1.54) is 16.2 Å². The zero-order valence-corrected chi connectivity index (χ0v) is 24.7. The van der Waals surface area contributed by atoms with Gasteiger partial charge in [0.25, 0.3) is 0 Å². The molecule has 0 atom stereocenters. The van der Waals surface area contributed by atoms with Crippen molar-refractivity contribution in [2.75, 3.05) is 0 Å². The summed E-state index contributed by atoms with van der Waals surface area (Å²) in [7, 11) is 0. The fourth-order valence-electron chi connectivity index (χ4n) is 7.03. The molecule has 4 nitrogen and oxygen atoms in total. The average molecular weight is 588 g/mol. The molecule has 4 heteroatoms. The quantitative estimate of drug-likeness (QED) is 0.207. The molecule has 0 fully saturated rings. The van der Waals surface area contributed by atoms with Crippen molar-refractivity contribution < 1.29 is 4.42 Å². The molecule has 0 aliphatic heterocycles. The summed E-state index contributed by atoms with van der Waals surface area (Å²) in [6, 6.07) is 53.0.